The third kappa shape index (κ3) is 5.24. The zero-order valence-electron chi connectivity index (χ0n) is 14.7. The van der Waals surface area contributed by atoms with E-state index in [0.717, 1.165) is 5.69 Å². The molecule has 1 aromatic heterocycles. The zero-order chi connectivity index (χ0) is 19.2. The van der Waals surface area contributed by atoms with E-state index >= 15 is 0 Å². The number of hydrogen-bond acceptors (Lipinski definition) is 4. The Balaban J connectivity index is 1.65. The first-order valence-electron chi connectivity index (χ1n) is 8.41. The van der Waals surface area contributed by atoms with Crippen LogP contribution in [0.2, 0.25) is 5.02 Å². The number of nitrogens with one attached hydrogen (secondary N) is 2. The molecule has 0 aliphatic carbocycles. The van der Waals surface area contributed by atoms with Crippen LogP contribution in [-0.2, 0) is 6.42 Å². The van der Waals surface area contributed by atoms with Crippen molar-refractivity contribution in [2.75, 3.05) is 11.9 Å². The van der Waals surface area contributed by atoms with E-state index in [2.05, 4.69) is 20.6 Å². The summed E-state index contributed by atoms with van der Waals surface area (Å²) in [4.78, 5) is 20.8. The van der Waals surface area contributed by atoms with Gasteiger partial charge < -0.3 is 10.6 Å². The maximum atomic E-state index is 13.6. The Morgan fingerprint density at radius 2 is 1.85 bits per heavy atom. The standard InChI is InChI=1S/C20H18ClFN4O/c1-13-24-18(12-19(25-13)26-16-8-6-15(21)7-9-16)20(27)23-11-10-14-4-2-3-5-17(14)22/h2-9,12H,10-11H2,1H3,(H,23,27)(H,24,25,26). The molecule has 3 rings (SSSR count). The van der Waals surface area contributed by atoms with Crippen LogP contribution < -0.4 is 10.6 Å². The van der Waals surface area contributed by atoms with Crippen molar-refractivity contribution < 1.29 is 9.18 Å². The first-order valence-corrected chi connectivity index (χ1v) is 8.79. The van der Waals surface area contributed by atoms with Gasteiger partial charge in [0, 0.05) is 23.3 Å². The van der Waals surface area contributed by atoms with E-state index in [9.17, 15) is 9.18 Å². The minimum absolute atomic E-state index is 0.243. The number of aryl methyl sites for hydroxylation is 1. The van der Waals surface area contributed by atoms with Crippen LogP contribution in [0.25, 0.3) is 0 Å². The molecule has 2 N–H and O–H groups in total. The summed E-state index contributed by atoms with van der Waals surface area (Å²) in [6, 6.07) is 15.2. The van der Waals surface area contributed by atoms with Crippen molar-refractivity contribution in [2.45, 2.75) is 13.3 Å². The number of carbonyl (C=O) groups is 1. The van der Waals surface area contributed by atoms with E-state index in [1.54, 1.807) is 43.3 Å². The van der Waals surface area contributed by atoms with Gasteiger partial charge in [-0.3, -0.25) is 4.79 Å². The molecule has 0 radical (unpaired) electrons. The molecule has 0 aliphatic rings. The lowest BCUT2D eigenvalue weighted by molar-refractivity contribution is 0.0948. The summed E-state index contributed by atoms with van der Waals surface area (Å²) in [6.07, 6.45) is 0.401. The molecular weight excluding hydrogens is 367 g/mol. The number of amides is 1. The Kier molecular flexibility index (Phi) is 5.98. The molecule has 0 bridgehead atoms. The molecule has 0 spiro atoms. The third-order valence-electron chi connectivity index (χ3n) is 3.82. The predicted molar refractivity (Wildman–Crippen MR) is 104 cm³/mol. The Bertz CT molecular complexity index is 947. The number of rotatable bonds is 6. The van der Waals surface area contributed by atoms with E-state index in [1.807, 2.05) is 12.1 Å². The monoisotopic (exact) mass is 384 g/mol. The van der Waals surface area contributed by atoms with E-state index in [0.29, 0.717) is 35.2 Å². The molecular formula is C20H18ClFN4O. The molecule has 1 amide bonds. The maximum Gasteiger partial charge on any atom is 0.270 e. The first kappa shape index (κ1) is 18.8. The summed E-state index contributed by atoms with van der Waals surface area (Å²) >= 11 is 5.88. The zero-order valence-corrected chi connectivity index (χ0v) is 15.4. The van der Waals surface area contributed by atoms with Gasteiger partial charge in [-0.1, -0.05) is 29.8 Å². The molecule has 0 fully saturated rings. The molecule has 7 heteroatoms. The lowest BCUT2D eigenvalue weighted by Gasteiger charge is -2.09. The summed E-state index contributed by atoms with van der Waals surface area (Å²) in [5.41, 5.74) is 1.60. The lowest BCUT2D eigenvalue weighted by atomic mass is 10.1. The molecule has 0 saturated heterocycles. The Morgan fingerprint density at radius 3 is 2.59 bits per heavy atom. The molecule has 1 heterocycles. The highest BCUT2D eigenvalue weighted by Crippen LogP contribution is 2.18. The van der Waals surface area contributed by atoms with Crippen LogP contribution in [0.4, 0.5) is 15.9 Å². The summed E-state index contributed by atoms with van der Waals surface area (Å²) in [6.45, 7) is 2.02. The van der Waals surface area contributed by atoms with Crippen LogP contribution in [0.3, 0.4) is 0 Å². The van der Waals surface area contributed by atoms with Gasteiger partial charge in [0.25, 0.3) is 5.91 Å². The van der Waals surface area contributed by atoms with Gasteiger partial charge in [-0.25, -0.2) is 14.4 Å². The number of aromatic nitrogens is 2. The molecule has 27 heavy (non-hydrogen) atoms. The normalized spacial score (nSPS) is 10.5. The highest BCUT2D eigenvalue weighted by Gasteiger charge is 2.11. The van der Waals surface area contributed by atoms with Crippen molar-refractivity contribution >= 4 is 29.0 Å². The van der Waals surface area contributed by atoms with Crippen LogP contribution in [0.15, 0.2) is 54.6 Å². The van der Waals surface area contributed by atoms with Gasteiger partial charge in [0.05, 0.1) is 0 Å². The van der Waals surface area contributed by atoms with E-state index in [1.165, 1.54) is 6.07 Å². The smallest absolute Gasteiger partial charge is 0.270 e. The first-order chi connectivity index (χ1) is 13.0. The van der Waals surface area contributed by atoms with Gasteiger partial charge in [0.2, 0.25) is 0 Å². The summed E-state index contributed by atoms with van der Waals surface area (Å²) in [7, 11) is 0. The SMILES string of the molecule is Cc1nc(Nc2ccc(Cl)cc2)cc(C(=O)NCCc2ccccc2F)n1. The van der Waals surface area contributed by atoms with Crippen LogP contribution >= 0.6 is 11.6 Å². The average molecular weight is 385 g/mol. The summed E-state index contributed by atoms with van der Waals surface area (Å²) < 4.78 is 13.6. The Hall–Kier alpha value is -2.99. The molecule has 0 saturated carbocycles. The third-order valence-corrected chi connectivity index (χ3v) is 4.08. The predicted octanol–water partition coefficient (Wildman–Crippen LogP) is 4.29. The second-order valence-electron chi connectivity index (χ2n) is 5.91. The maximum absolute atomic E-state index is 13.6. The topological polar surface area (TPSA) is 66.9 Å². The van der Waals surface area contributed by atoms with Crippen molar-refractivity contribution in [1.29, 1.82) is 0 Å². The van der Waals surface area contributed by atoms with Crippen molar-refractivity contribution in [2.24, 2.45) is 0 Å². The number of anilines is 2. The Labute approximate surface area is 161 Å². The van der Waals surface area contributed by atoms with Crippen molar-refractivity contribution in [3.05, 3.63) is 82.5 Å². The average Bonchev–Trinajstić information content (AvgIpc) is 2.64. The second kappa shape index (κ2) is 8.60. The van der Waals surface area contributed by atoms with Gasteiger partial charge >= 0.3 is 0 Å². The van der Waals surface area contributed by atoms with Crippen molar-refractivity contribution in [3.8, 4) is 0 Å². The Morgan fingerprint density at radius 1 is 1.11 bits per heavy atom. The quantitative estimate of drug-likeness (QED) is 0.665. The fourth-order valence-electron chi connectivity index (χ4n) is 2.53. The van der Waals surface area contributed by atoms with Crippen LogP contribution in [0, 0.1) is 12.7 Å². The molecule has 138 valence electrons. The van der Waals surface area contributed by atoms with Gasteiger partial charge in [-0.05, 0) is 49.2 Å². The molecule has 0 atom stereocenters. The molecule has 0 aliphatic heterocycles. The van der Waals surface area contributed by atoms with Crippen LogP contribution in [0.5, 0.6) is 0 Å². The molecule has 3 aromatic rings. The summed E-state index contributed by atoms with van der Waals surface area (Å²) in [5.74, 6) is 0.354. The van der Waals surface area contributed by atoms with Gasteiger partial charge in [0.15, 0.2) is 0 Å². The van der Waals surface area contributed by atoms with Gasteiger partial charge in [-0.15, -0.1) is 0 Å². The largest absolute Gasteiger partial charge is 0.350 e. The molecule has 0 unspecified atom stereocenters. The fourth-order valence-corrected chi connectivity index (χ4v) is 2.66. The minimum atomic E-state index is -0.337. The highest BCUT2D eigenvalue weighted by molar-refractivity contribution is 6.30. The van der Waals surface area contributed by atoms with Crippen molar-refractivity contribution in [1.82, 2.24) is 15.3 Å². The van der Waals surface area contributed by atoms with Gasteiger partial charge in [0.1, 0.15) is 23.2 Å². The molecule has 5 nitrogen and oxygen atoms in total. The number of benzene rings is 2. The van der Waals surface area contributed by atoms with Crippen LogP contribution in [-0.4, -0.2) is 22.4 Å². The number of nitrogens with zero attached hydrogens (tertiary/aromatic N) is 2. The second-order valence-corrected chi connectivity index (χ2v) is 6.35. The van der Waals surface area contributed by atoms with E-state index < -0.39 is 0 Å². The number of hydrogen-bond donors (Lipinski definition) is 2. The van der Waals surface area contributed by atoms with Crippen molar-refractivity contribution in [3.63, 3.8) is 0 Å². The fraction of sp³-hybridized carbons (Fsp3) is 0.150. The van der Waals surface area contributed by atoms with Crippen LogP contribution in [0.1, 0.15) is 21.9 Å². The molecule has 2 aromatic carbocycles. The number of halogens is 2. The minimum Gasteiger partial charge on any atom is -0.350 e. The lowest BCUT2D eigenvalue weighted by Crippen LogP contribution is -2.27. The van der Waals surface area contributed by atoms with Gasteiger partial charge in [-0.2, -0.15) is 0 Å². The van der Waals surface area contributed by atoms with E-state index in [4.69, 9.17) is 11.6 Å². The highest BCUT2D eigenvalue weighted by atomic mass is 35.5. The summed E-state index contributed by atoms with van der Waals surface area (Å²) in [5, 5.41) is 6.51. The number of carbonyl (C=O) groups excluding carboxylic acids is 1. The van der Waals surface area contributed by atoms with E-state index in [-0.39, 0.29) is 17.4 Å².